The fourth-order valence-corrected chi connectivity index (χ4v) is 2.22. The van der Waals surface area contributed by atoms with Gasteiger partial charge in [-0.15, -0.1) is 0 Å². The molecule has 0 aliphatic carbocycles. The Labute approximate surface area is 124 Å². The first-order valence-electron chi connectivity index (χ1n) is 5.98. The van der Waals surface area contributed by atoms with Crippen LogP contribution in [0.15, 0.2) is 0 Å². The average molecular weight is 322 g/mol. The van der Waals surface area contributed by atoms with Crippen LogP contribution >= 0.6 is 0 Å². The van der Waals surface area contributed by atoms with Crippen LogP contribution in [0.1, 0.15) is 20.8 Å². The number of aliphatic hydroxyl groups excluding tert-OH is 2. The van der Waals surface area contributed by atoms with Crippen molar-refractivity contribution in [3.8, 4) is 0 Å². The summed E-state index contributed by atoms with van der Waals surface area (Å²) in [6.07, 6.45) is -2.55. The number of Topliss-reactive ketones (excluding diaryl/α,β-unsaturated/α-hetero) is 3. The minimum atomic E-state index is -3.94. The van der Waals surface area contributed by atoms with Crippen LogP contribution in [-0.4, -0.2) is 83.5 Å². The number of ketones is 3. The highest BCUT2D eigenvalue weighted by atomic mass is 16.5. The average Bonchev–Trinajstić information content (AvgIpc) is 2.42. The van der Waals surface area contributed by atoms with Gasteiger partial charge in [0, 0.05) is 0 Å². The molecular formula is C12H18O10. The van der Waals surface area contributed by atoms with E-state index >= 15 is 0 Å². The summed E-state index contributed by atoms with van der Waals surface area (Å²) in [5, 5.41) is 58.3. The second kappa shape index (κ2) is 6.18. The van der Waals surface area contributed by atoms with Crippen LogP contribution in [0, 0.1) is 0 Å². The molecule has 126 valence electrons. The number of rotatable bonds is 8. The molecule has 4 atom stereocenters. The molecule has 0 saturated carbocycles. The Bertz CT molecular complexity index is 498. The molecule has 0 aliphatic rings. The fourth-order valence-electron chi connectivity index (χ4n) is 2.22. The minimum Gasteiger partial charge on any atom is -0.479 e. The number of carbonyl (C=O) groups is 4. The van der Waals surface area contributed by atoms with E-state index in [1.807, 2.05) is 0 Å². The lowest BCUT2D eigenvalue weighted by molar-refractivity contribution is -0.251. The molecule has 22 heavy (non-hydrogen) atoms. The maximum Gasteiger partial charge on any atom is 0.347 e. The summed E-state index contributed by atoms with van der Waals surface area (Å²) >= 11 is 0. The van der Waals surface area contributed by atoms with Crippen LogP contribution in [0.3, 0.4) is 0 Å². The first-order valence-corrected chi connectivity index (χ1v) is 5.98. The van der Waals surface area contributed by atoms with Crippen molar-refractivity contribution in [2.75, 3.05) is 6.61 Å². The molecule has 0 rings (SSSR count). The van der Waals surface area contributed by atoms with Gasteiger partial charge in [0.05, 0.1) is 6.61 Å². The monoisotopic (exact) mass is 322 g/mol. The molecule has 0 radical (unpaired) electrons. The molecule has 0 unspecified atom stereocenters. The SMILES string of the molecule is CC(=O)[C@](O)(C(=O)O)[C@](O)(C(C)=O)[C@@](O)(C(C)=O)[C@H](O)CO. The predicted molar refractivity (Wildman–Crippen MR) is 67.6 cm³/mol. The van der Waals surface area contributed by atoms with Gasteiger partial charge in [0.2, 0.25) is 5.60 Å². The Morgan fingerprint density at radius 3 is 1.50 bits per heavy atom. The maximum atomic E-state index is 11.8. The summed E-state index contributed by atoms with van der Waals surface area (Å²) in [4.78, 5) is 46.2. The number of hydrogen-bond donors (Lipinski definition) is 6. The van der Waals surface area contributed by atoms with Crippen LogP contribution < -0.4 is 0 Å². The Balaban J connectivity index is 6.89. The summed E-state index contributed by atoms with van der Waals surface area (Å²) in [7, 11) is 0. The molecule has 0 aromatic carbocycles. The van der Waals surface area contributed by atoms with E-state index in [9.17, 15) is 39.6 Å². The van der Waals surface area contributed by atoms with Crippen molar-refractivity contribution in [1.82, 2.24) is 0 Å². The van der Waals surface area contributed by atoms with Crippen molar-refractivity contribution in [2.45, 2.75) is 43.7 Å². The first kappa shape index (κ1) is 20.3. The van der Waals surface area contributed by atoms with Crippen molar-refractivity contribution >= 4 is 23.3 Å². The van der Waals surface area contributed by atoms with Gasteiger partial charge in [-0.2, -0.15) is 0 Å². The summed E-state index contributed by atoms with van der Waals surface area (Å²) in [6.45, 7) is 0.178. The number of aliphatic hydroxyl groups is 5. The zero-order chi connectivity index (χ0) is 18.1. The van der Waals surface area contributed by atoms with Crippen molar-refractivity contribution in [1.29, 1.82) is 0 Å². The molecule has 0 bridgehead atoms. The van der Waals surface area contributed by atoms with E-state index in [4.69, 9.17) is 10.2 Å². The zero-order valence-electron chi connectivity index (χ0n) is 12.1. The summed E-state index contributed by atoms with van der Waals surface area (Å²) in [5.74, 6) is -7.34. The van der Waals surface area contributed by atoms with Gasteiger partial charge in [0.15, 0.2) is 23.0 Å². The van der Waals surface area contributed by atoms with Gasteiger partial charge in [-0.05, 0) is 20.8 Å². The van der Waals surface area contributed by atoms with Crippen LogP contribution in [0.2, 0.25) is 0 Å². The van der Waals surface area contributed by atoms with Gasteiger partial charge in [0.1, 0.15) is 6.10 Å². The Kier molecular flexibility index (Phi) is 5.70. The Hall–Kier alpha value is -1.72. The van der Waals surface area contributed by atoms with Crippen LogP contribution in [0.5, 0.6) is 0 Å². The normalized spacial score (nSPS) is 20.9. The number of carboxylic acid groups (broad SMARTS) is 1. The molecular weight excluding hydrogens is 304 g/mol. The minimum absolute atomic E-state index is 0.494. The van der Waals surface area contributed by atoms with E-state index in [0.717, 1.165) is 0 Å². The smallest absolute Gasteiger partial charge is 0.347 e. The van der Waals surface area contributed by atoms with E-state index in [-0.39, 0.29) is 0 Å². The first-order chi connectivity index (χ1) is 9.75. The largest absolute Gasteiger partial charge is 0.479 e. The van der Waals surface area contributed by atoms with Gasteiger partial charge in [0.25, 0.3) is 5.60 Å². The van der Waals surface area contributed by atoms with Gasteiger partial charge < -0.3 is 30.6 Å². The Morgan fingerprint density at radius 1 is 0.909 bits per heavy atom. The molecule has 0 aromatic heterocycles. The van der Waals surface area contributed by atoms with Gasteiger partial charge in [-0.25, -0.2) is 4.79 Å². The van der Waals surface area contributed by atoms with Gasteiger partial charge in [-0.3, -0.25) is 14.4 Å². The third kappa shape index (κ3) is 2.34. The summed E-state index contributed by atoms with van der Waals surface area (Å²) in [5.41, 5.74) is -11.5. The van der Waals surface area contributed by atoms with Crippen LogP contribution in [0.25, 0.3) is 0 Å². The lowest BCUT2D eigenvalue weighted by Gasteiger charge is -2.47. The standard InChI is InChI=1S/C12H18O10/c1-5(14)10(20,8(17)4-13)12(22,7(3)16)11(21,6(2)15)9(18)19/h8,13,17,20-22H,4H2,1-3H3,(H,18,19)/t8-,10-,11+,12+/m1/s1. The van der Waals surface area contributed by atoms with Crippen LogP contribution in [0.4, 0.5) is 0 Å². The number of aliphatic carboxylic acids is 1. The Morgan fingerprint density at radius 2 is 1.32 bits per heavy atom. The molecule has 0 saturated heterocycles. The highest BCUT2D eigenvalue weighted by molar-refractivity contribution is 6.15. The van der Waals surface area contributed by atoms with Crippen molar-refractivity contribution < 1.29 is 49.8 Å². The molecule has 10 heteroatoms. The third-order valence-electron chi connectivity index (χ3n) is 3.60. The highest BCUT2D eigenvalue weighted by Gasteiger charge is 2.74. The van der Waals surface area contributed by atoms with E-state index in [2.05, 4.69) is 0 Å². The number of hydrogen-bond acceptors (Lipinski definition) is 9. The molecule has 0 aliphatic heterocycles. The van der Waals surface area contributed by atoms with Crippen LogP contribution in [-0.2, 0) is 19.2 Å². The van der Waals surface area contributed by atoms with Crippen molar-refractivity contribution in [3.63, 3.8) is 0 Å². The van der Waals surface area contributed by atoms with E-state index in [1.54, 1.807) is 0 Å². The van der Waals surface area contributed by atoms with E-state index in [1.165, 1.54) is 0 Å². The molecule has 10 nitrogen and oxygen atoms in total. The van der Waals surface area contributed by atoms with E-state index < -0.39 is 52.8 Å². The van der Waals surface area contributed by atoms with Crippen molar-refractivity contribution in [2.24, 2.45) is 0 Å². The number of carboxylic acids is 1. The lowest BCUT2D eigenvalue weighted by atomic mass is 9.63. The molecule has 0 heterocycles. The number of carbonyl (C=O) groups excluding carboxylic acids is 3. The molecule has 0 fully saturated rings. The van der Waals surface area contributed by atoms with E-state index in [0.29, 0.717) is 20.8 Å². The highest BCUT2D eigenvalue weighted by Crippen LogP contribution is 2.38. The molecule has 6 N–H and O–H groups in total. The zero-order valence-corrected chi connectivity index (χ0v) is 12.1. The summed E-state index contributed by atoms with van der Waals surface area (Å²) < 4.78 is 0. The summed E-state index contributed by atoms with van der Waals surface area (Å²) in [6, 6.07) is 0. The molecule has 0 aromatic rings. The topological polar surface area (TPSA) is 190 Å². The third-order valence-corrected chi connectivity index (χ3v) is 3.60. The fraction of sp³-hybridized carbons (Fsp3) is 0.667. The molecule has 0 spiro atoms. The van der Waals surface area contributed by atoms with Gasteiger partial charge >= 0.3 is 5.97 Å². The maximum absolute atomic E-state index is 11.8. The lowest BCUT2D eigenvalue weighted by Crippen LogP contribution is -2.81. The predicted octanol–water partition coefficient (Wildman–Crippen LogP) is -3.62. The second-order valence-electron chi connectivity index (χ2n) is 4.86. The molecule has 0 amide bonds. The van der Waals surface area contributed by atoms with Gasteiger partial charge in [-0.1, -0.05) is 0 Å². The van der Waals surface area contributed by atoms with Crippen molar-refractivity contribution in [3.05, 3.63) is 0 Å². The second-order valence-corrected chi connectivity index (χ2v) is 4.86. The quantitative estimate of drug-likeness (QED) is 0.243.